The van der Waals surface area contributed by atoms with Gasteiger partial charge in [-0.25, -0.2) is 0 Å². The number of carbonyl (C=O) groups excluding carboxylic acids is 1. The Labute approximate surface area is 140 Å². The predicted octanol–water partition coefficient (Wildman–Crippen LogP) is 1.42. The van der Waals surface area contributed by atoms with Gasteiger partial charge in [0, 0.05) is 14.2 Å². The van der Waals surface area contributed by atoms with E-state index < -0.39 is 24.4 Å². The fraction of sp³-hybridized carbons (Fsp3) is 0.588. The quantitative estimate of drug-likeness (QED) is 0.550. The normalized spacial score (nSPS) is 32.4. The molecule has 0 N–H and O–H groups in total. The number of methoxy groups -OCH3 is 2. The highest BCUT2D eigenvalue weighted by molar-refractivity contribution is 5.71. The van der Waals surface area contributed by atoms with Crippen LogP contribution in [0.2, 0.25) is 0 Å². The molecular formula is C17H22O7. The van der Waals surface area contributed by atoms with Crippen LogP contribution in [0.1, 0.15) is 18.1 Å². The van der Waals surface area contributed by atoms with Crippen molar-refractivity contribution in [2.45, 2.75) is 36.9 Å². The Morgan fingerprint density at radius 1 is 1.04 bits per heavy atom. The molecule has 2 saturated heterocycles. The zero-order valence-corrected chi connectivity index (χ0v) is 13.8. The van der Waals surface area contributed by atoms with Gasteiger partial charge in [0.2, 0.25) is 0 Å². The minimum atomic E-state index is -0.548. The maximum atomic E-state index is 12.0. The molecule has 2 aliphatic rings. The maximum absolute atomic E-state index is 12.0. The molecule has 1 aromatic carbocycles. The molecule has 0 bridgehead atoms. The minimum absolute atomic E-state index is 0.0850. The molecule has 0 unspecified atom stereocenters. The second-order valence-corrected chi connectivity index (χ2v) is 5.74. The lowest BCUT2D eigenvalue weighted by Gasteiger charge is -2.32. The van der Waals surface area contributed by atoms with Crippen molar-refractivity contribution < 1.29 is 33.2 Å². The number of ether oxygens (including phenoxy) is 6. The van der Waals surface area contributed by atoms with Gasteiger partial charge in [0.25, 0.3) is 0 Å². The first-order chi connectivity index (χ1) is 11.7. The number of hydrogen-bond acceptors (Lipinski definition) is 7. The van der Waals surface area contributed by atoms with Gasteiger partial charge in [-0.2, -0.15) is 0 Å². The smallest absolute Gasteiger partial charge is 0.309 e. The highest BCUT2D eigenvalue weighted by Crippen LogP contribution is 2.41. The molecule has 0 spiro atoms. The molecule has 2 heterocycles. The summed E-state index contributed by atoms with van der Waals surface area (Å²) >= 11 is 0. The summed E-state index contributed by atoms with van der Waals surface area (Å²) in [5, 5.41) is 0. The monoisotopic (exact) mass is 338 g/mol. The summed E-state index contributed by atoms with van der Waals surface area (Å²) in [6, 6.07) is 9.70. The lowest BCUT2D eigenvalue weighted by Crippen LogP contribution is -2.49. The summed E-state index contributed by atoms with van der Waals surface area (Å²) < 4.78 is 33.1. The van der Waals surface area contributed by atoms with Gasteiger partial charge >= 0.3 is 5.97 Å². The molecule has 5 atom stereocenters. The number of carbonyl (C=O) groups is 1. The molecule has 0 aromatic heterocycles. The molecule has 0 radical (unpaired) electrons. The maximum Gasteiger partial charge on any atom is 0.309 e. The summed E-state index contributed by atoms with van der Waals surface area (Å²) in [5.41, 5.74) is 0.953. The van der Waals surface area contributed by atoms with Crippen molar-refractivity contribution in [3.8, 4) is 0 Å². The van der Waals surface area contributed by atoms with Crippen molar-refractivity contribution in [2.24, 2.45) is 0 Å². The summed E-state index contributed by atoms with van der Waals surface area (Å²) in [6.45, 7) is 0.172. The van der Waals surface area contributed by atoms with Gasteiger partial charge in [-0.3, -0.25) is 4.79 Å². The van der Waals surface area contributed by atoms with Crippen LogP contribution < -0.4 is 0 Å². The first-order valence-corrected chi connectivity index (χ1v) is 7.85. The van der Waals surface area contributed by atoms with Crippen LogP contribution >= 0.6 is 0 Å². The molecule has 1 aromatic rings. The molecule has 0 amide bonds. The van der Waals surface area contributed by atoms with Crippen LogP contribution in [-0.2, 0) is 33.2 Å². The van der Waals surface area contributed by atoms with E-state index in [0.717, 1.165) is 5.56 Å². The molecule has 2 aliphatic heterocycles. The lowest BCUT2D eigenvalue weighted by atomic mass is 9.96. The molecule has 24 heavy (non-hydrogen) atoms. The minimum Gasteiger partial charge on any atom is -0.456 e. The summed E-state index contributed by atoms with van der Waals surface area (Å²) in [4.78, 5) is 12.0. The number of fused-ring (bicyclic) bond motifs is 1. The third-order valence-corrected chi connectivity index (χ3v) is 4.16. The van der Waals surface area contributed by atoms with Gasteiger partial charge in [0.1, 0.15) is 38.0 Å². The van der Waals surface area contributed by atoms with Crippen molar-refractivity contribution in [1.29, 1.82) is 0 Å². The van der Waals surface area contributed by atoms with E-state index in [4.69, 9.17) is 28.4 Å². The third kappa shape index (κ3) is 3.60. The zero-order chi connectivity index (χ0) is 16.9. The fourth-order valence-electron chi connectivity index (χ4n) is 3.15. The fourth-order valence-corrected chi connectivity index (χ4v) is 3.15. The van der Waals surface area contributed by atoms with Crippen molar-refractivity contribution >= 4 is 5.97 Å². The van der Waals surface area contributed by atoms with Gasteiger partial charge in [-0.05, 0) is 5.56 Å². The van der Waals surface area contributed by atoms with Crippen LogP contribution in [0, 0.1) is 0 Å². The van der Waals surface area contributed by atoms with Crippen molar-refractivity contribution in [3.63, 3.8) is 0 Å². The standard InChI is InChI=1S/C17H22O7/c1-19-9-21-12-8-13(18)23-17-15(12)24-14(16(17)22-10-20-2)11-6-4-3-5-7-11/h3-7,12,14-17H,8-10H2,1-2H3/t12-,14-,15+,16-,17-/m1/s1. The van der Waals surface area contributed by atoms with Crippen LogP contribution in [0.5, 0.6) is 0 Å². The van der Waals surface area contributed by atoms with Crippen LogP contribution in [0.4, 0.5) is 0 Å². The molecule has 3 rings (SSSR count). The zero-order valence-electron chi connectivity index (χ0n) is 13.8. The lowest BCUT2D eigenvalue weighted by molar-refractivity contribution is -0.196. The topological polar surface area (TPSA) is 72.5 Å². The Balaban J connectivity index is 1.84. The van der Waals surface area contributed by atoms with E-state index in [1.165, 1.54) is 7.11 Å². The summed E-state index contributed by atoms with van der Waals surface area (Å²) in [7, 11) is 3.08. The van der Waals surface area contributed by atoms with Crippen LogP contribution in [0.15, 0.2) is 30.3 Å². The van der Waals surface area contributed by atoms with E-state index in [1.54, 1.807) is 7.11 Å². The Bertz CT molecular complexity index is 535. The highest BCUT2D eigenvalue weighted by atomic mass is 16.7. The average Bonchev–Trinajstić information content (AvgIpc) is 2.97. The summed E-state index contributed by atoms with van der Waals surface area (Å²) in [6.07, 6.45) is -2.09. The first kappa shape index (κ1) is 17.3. The SMILES string of the molecule is COCO[C@H]1[C@@H]2OC(=O)C[C@@H](OCOC)[C@@H]2O[C@@H]1c1ccccc1. The molecule has 2 fully saturated rings. The van der Waals surface area contributed by atoms with Gasteiger partial charge in [-0.1, -0.05) is 30.3 Å². The predicted molar refractivity (Wildman–Crippen MR) is 82.1 cm³/mol. The van der Waals surface area contributed by atoms with Crippen LogP contribution in [0.3, 0.4) is 0 Å². The van der Waals surface area contributed by atoms with Crippen molar-refractivity contribution in [2.75, 3.05) is 27.8 Å². The van der Waals surface area contributed by atoms with Gasteiger partial charge in [0.05, 0.1) is 6.42 Å². The second kappa shape index (κ2) is 8.04. The Morgan fingerprint density at radius 2 is 1.75 bits per heavy atom. The average molecular weight is 338 g/mol. The number of esters is 1. The first-order valence-electron chi connectivity index (χ1n) is 7.85. The number of rotatable bonds is 7. The van der Waals surface area contributed by atoms with E-state index >= 15 is 0 Å². The van der Waals surface area contributed by atoms with Gasteiger partial charge in [0.15, 0.2) is 6.10 Å². The Kier molecular flexibility index (Phi) is 5.80. The molecular weight excluding hydrogens is 316 g/mol. The van der Waals surface area contributed by atoms with Crippen LogP contribution in [-0.4, -0.2) is 58.2 Å². The van der Waals surface area contributed by atoms with Gasteiger partial charge in [-0.15, -0.1) is 0 Å². The van der Waals surface area contributed by atoms with Crippen LogP contribution in [0.25, 0.3) is 0 Å². The van der Waals surface area contributed by atoms with E-state index in [0.29, 0.717) is 0 Å². The third-order valence-electron chi connectivity index (χ3n) is 4.16. The molecule has 0 saturated carbocycles. The second-order valence-electron chi connectivity index (χ2n) is 5.74. The highest BCUT2D eigenvalue weighted by Gasteiger charge is 2.54. The van der Waals surface area contributed by atoms with Crippen molar-refractivity contribution in [3.05, 3.63) is 35.9 Å². The largest absolute Gasteiger partial charge is 0.456 e. The van der Waals surface area contributed by atoms with E-state index in [-0.39, 0.29) is 32.1 Å². The molecule has 0 aliphatic carbocycles. The summed E-state index contributed by atoms with van der Waals surface area (Å²) in [5.74, 6) is -0.333. The van der Waals surface area contributed by atoms with Gasteiger partial charge < -0.3 is 28.4 Å². The molecule has 7 heteroatoms. The van der Waals surface area contributed by atoms with Crippen molar-refractivity contribution in [1.82, 2.24) is 0 Å². The molecule has 7 nitrogen and oxygen atoms in total. The number of benzene rings is 1. The van der Waals surface area contributed by atoms with E-state index in [2.05, 4.69) is 0 Å². The van der Waals surface area contributed by atoms with E-state index in [9.17, 15) is 4.79 Å². The number of hydrogen-bond donors (Lipinski definition) is 0. The molecule has 132 valence electrons. The Hall–Kier alpha value is -1.51. The Morgan fingerprint density at radius 3 is 2.46 bits per heavy atom. The van der Waals surface area contributed by atoms with E-state index in [1.807, 2.05) is 30.3 Å².